The van der Waals surface area contributed by atoms with Gasteiger partial charge >= 0.3 is 0 Å². The van der Waals surface area contributed by atoms with Crippen molar-refractivity contribution in [3.05, 3.63) is 39.6 Å². The molecule has 2 heterocycles. The van der Waals surface area contributed by atoms with Gasteiger partial charge in [0.05, 0.1) is 15.7 Å². The second kappa shape index (κ2) is 5.97. The van der Waals surface area contributed by atoms with Gasteiger partial charge in [-0.05, 0) is 12.1 Å². The number of fused-ring (bicyclic) bond motifs is 1. The smallest absolute Gasteiger partial charge is 0.234 e. The Morgan fingerprint density at radius 2 is 2.24 bits per heavy atom. The molecule has 3 rings (SSSR count). The molecule has 0 aliphatic carbocycles. The first-order valence-corrected chi connectivity index (χ1v) is 7.60. The highest BCUT2D eigenvalue weighted by Gasteiger charge is 2.11. The van der Waals surface area contributed by atoms with Crippen LogP contribution in [0.15, 0.2) is 24.5 Å². The number of nitrogens with one attached hydrogen (secondary N) is 1. The molecule has 0 unspecified atom stereocenters. The number of benzene rings is 1. The molecule has 0 saturated carbocycles. The average molecular weight is 342 g/mol. The van der Waals surface area contributed by atoms with Crippen molar-refractivity contribution in [1.82, 2.24) is 19.8 Å². The molecule has 0 bridgehead atoms. The lowest BCUT2D eigenvalue weighted by Crippen LogP contribution is -2.12. The van der Waals surface area contributed by atoms with Crippen molar-refractivity contribution < 1.29 is 4.79 Å². The highest BCUT2D eigenvalue weighted by Crippen LogP contribution is 2.29. The van der Waals surface area contributed by atoms with Crippen molar-refractivity contribution in [2.75, 3.05) is 5.32 Å². The van der Waals surface area contributed by atoms with Gasteiger partial charge in [-0.3, -0.25) is 4.79 Å². The number of halogens is 2. The van der Waals surface area contributed by atoms with E-state index in [0.717, 1.165) is 5.01 Å². The lowest BCUT2D eigenvalue weighted by atomic mass is 10.2. The maximum absolute atomic E-state index is 11.9. The predicted molar refractivity (Wildman–Crippen MR) is 82.1 cm³/mol. The molecule has 0 radical (unpaired) electrons. The van der Waals surface area contributed by atoms with E-state index in [1.165, 1.54) is 17.7 Å². The highest BCUT2D eigenvalue weighted by atomic mass is 35.5. The van der Waals surface area contributed by atoms with Crippen LogP contribution < -0.4 is 5.32 Å². The van der Waals surface area contributed by atoms with Crippen LogP contribution in [0.25, 0.3) is 4.96 Å². The van der Waals surface area contributed by atoms with Crippen molar-refractivity contribution in [2.45, 2.75) is 12.8 Å². The van der Waals surface area contributed by atoms with E-state index in [0.29, 0.717) is 33.5 Å². The number of carbonyl (C=O) groups excluding carboxylic acids is 1. The standard InChI is InChI=1S/C12H9Cl2N5OS/c13-7-2-1-3-8(11(7)14)16-9(20)4-5-10-18-19-6-15-17-12(19)21-10/h1-3,6H,4-5H2,(H,16,20). The minimum Gasteiger partial charge on any atom is -0.325 e. The number of anilines is 1. The Morgan fingerprint density at radius 3 is 3.05 bits per heavy atom. The maximum Gasteiger partial charge on any atom is 0.234 e. The van der Waals surface area contributed by atoms with Gasteiger partial charge in [-0.15, -0.1) is 10.2 Å². The molecule has 6 nitrogen and oxygen atoms in total. The van der Waals surface area contributed by atoms with Gasteiger partial charge in [0.15, 0.2) is 0 Å². The number of hydrogen-bond donors (Lipinski definition) is 1. The molecule has 0 fully saturated rings. The molecule has 0 saturated heterocycles. The van der Waals surface area contributed by atoms with E-state index in [9.17, 15) is 4.79 Å². The molecule has 2 aromatic heterocycles. The zero-order valence-electron chi connectivity index (χ0n) is 10.6. The minimum atomic E-state index is -0.148. The summed E-state index contributed by atoms with van der Waals surface area (Å²) in [5.74, 6) is -0.148. The van der Waals surface area contributed by atoms with Crippen LogP contribution in [0.4, 0.5) is 5.69 Å². The van der Waals surface area contributed by atoms with E-state index in [1.807, 2.05) is 0 Å². The van der Waals surface area contributed by atoms with Crippen LogP contribution in [0.2, 0.25) is 10.0 Å². The van der Waals surface area contributed by atoms with E-state index in [2.05, 4.69) is 20.6 Å². The van der Waals surface area contributed by atoms with Gasteiger partial charge in [0.2, 0.25) is 10.9 Å². The van der Waals surface area contributed by atoms with Gasteiger partial charge in [-0.25, -0.2) is 0 Å². The van der Waals surface area contributed by atoms with E-state index in [1.54, 1.807) is 22.7 Å². The third-order valence-electron chi connectivity index (χ3n) is 2.72. The van der Waals surface area contributed by atoms with Crippen LogP contribution in [-0.2, 0) is 11.2 Å². The van der Waals surface area contributed by atoms with Gasteiger partial charge in [-0.2, -0.15) is 9.61 Å². The summed E-state index contributed by atoms with van der Waals surface area (Å²) >= 11 is 13.3. The molecule has 3 aromatic rings. The summed E-state index contributed by atoms with van der Waals surface area (Å²) in [6.07, 6.45) is 2.35. The Balaban J connectivity index is 1.61. The van der Waals surface area contributed by atoms with Crippen molar-refractivity contribution in [3.63, 3.8) is 0 Å². The van der Waals surface area contributed by atoms with Crippen LogP contribution in [-0.4, -0.2) is 25.7 Å². The SMILES string of the molecule is O=C(CCc1nn2cnnc2s1)Nc1cccc(Cl)c1Cl. The lowest BCUT2D eigenvalue weighted by Gasteiger charge is -2.07. The summed E-state index contributed by atoms with van der Waals surface area (Å²) in [7, 11) is 0. The fourth-order valence-electron chi connectivity index (χ4n) is 1.74. The maximum atomic E-state index is 11.9. The Hall–Kier alpha value is -1.70. The van der Waals surface area contributed by atoms with Crippen LogP contribution in [0.3, 0.4) is 0 Å². The monoisotopic (exact) mass is 341 g/mol. The average Bonchev–Trinajstić information content (AvgIpc) is 3.02. The molecule has 0 aliphatic rings. The lowest BCUT2D eigenvalue weighted by molar-refractivity contribution is -0.116. The number of aryl methyl sites for hydroxylation is 1. The molecular formula is C12H9Cl2N5OS. The van der Waals surface area contributed by atoms with Crippen LogP contribution in [0.1, 0.15) is 11.4 Å². The first-order valence-electron chi connectivity index (χ1n) is 6.03. The van der Waals surface area contributed by atoms with E-state index in [-0.39, 0.29) is 5.91 Å². The normalized spacial score (nSPS) is 11.0. The van der Waals surface area contributed by atoms with Crippen LogP contribution >= 0.6 is 34.5 Å². The minimum absolute atomic E-state index is 0.148. The fourth-order valence-corrected chi connectivity index (χ4v) is 2.90. The molecule has 1 N–H and O–H groups in total. The Morgan fingerprint density at radius 1 is 1.38 bits per heavy atom. The first-order chi connectivity index (χ1) is 10.1. The van der Waals surface area contributed by atoms with Crippen molar-refractivity contribution in [2.24, 2.45) is 0 Å². The van der Waals surface area contributed by atoms with E-state index < -0.39 is 0 Å². The van der Waals surface area contributed by atoms with Gasteiger partial charge in [-0.1, -0.05) is 40.6 Å². The van der Waals surface area contributed by atoms with E-state index in [4.69, 9.17) is 23.2 Å². The molecule has 0 aliphatic heterocycles. The number of rotatable bonds is 4. The Bertz CT molecular complexity index is 771. The summed E-state index contributed by atoms with van der Waals surface area (Å²) in [6.45, 7) is 0. The number of amides is 1. The second-order valence-electron chi connectivity index (χ2n) is 4.20. The summed E-state index contributed by atoms with van der Waals surface area (Å²) in [5, 5.41) is 16.2. The Kier molecular flexibility index (Phi) is 4.05. The first kappa shape index (κ1) is 14.2. The Labute approximate surface area is 133 Å². The van der Waals surface area contributed by atoms with Crippen molar-refractivity contribution in [3.8, 4) is 0 Å². The van der Waals surface area contributed by atoms with E-state index >= 15 is 0 Å². The molecule has 21 heavy (non-hydrogen) atoms. The van der Waals surface area contributed by atoms with Gasteiger partial charge in [0.25, 0.3) is 0 Å². The fraction of sp³-hybridized carbons (Fsp3) is 0.167. The second-order valence-corrected chi connectivity index (χ2v) is 6.03. The van der Waals surface area contributed by atoms with Crippen molar-refractivity contribution >= 4 is 51.1 Å². The molecule has 0 atom stereocenters. The summed E-state index contributed by atoms with van der Waals surface area (Å²) in [5.41, 5.74) is 0.507. The van der Waals surface area contributed by atoms with Gasteiger partial charge < -0.3 is 5.32 Å². The molecule has 0 spiro atoms. The van der Waals surface area contributed by atoms with Crippen LogP contribution in [0.5, 0.6) is 0 Å². The topological polar surface area (TPSA) is 72.2 Å². The quantitative estimate of drug-likeness (QED) is 0.791. The third kappa shape index (κ3) is 3.15. The predicted octanol–water partition coefficient (Wildman–Crippen LogP) is 3.06. The highest BCUT2D eigenvalue weighted by molar-refractivity contribution is 7.16. The van der Waals surface area contributed by atoms with Gasteiger partial charge in [0, 0.05) is 12.8 Å². The summed E-state index contributed by atoms with van der Waals surface area (Å²) < 4.78 is 1.59. The molecule has 1 aromatic carbocycles. The number of carbonyl (C=O) groups is 1. The summed E-state index contributed by atoms with van der Waals surface area (Å²) in [4.78, 5) is 12.6. The molecule has 108 valence electrons. The number of hydrogen-bond acceptors (Lipinski definition) is 5. The van der Waals surface area contributed by atoms with Crippen molar-refractivity contribution in [1.29, 1.82) is 0 Å². The zero-order valence-corrected chi connectivity index (χ0v) is 12.9. The van der Waals surface area contributed by atoms with Crippen LogP contribution in [0, 0.1) is 0 Å². The summed E-state index contributed by atoms with van der Waals surface area (Å²) in [6, 6.07) is 5.10. The molecule has 1 amide bonds. The number of nitrogens with zero attached hydrogens (tertiary/aromatic N) is 4. The zero-order chi connectivity index (χ0) is 14.8. The third-order valence-corrected chi connectivity index (χ3v) is 4.51. The number of aromatic nitrogens is 4. The largest absolute Gasteiger partial charge is 0.325 e. The molecular weight excluding hydrogens is 333 g/mol. The van der Waals surface area contributed by atoms with Gasteiger partial charge in [0.1, 0.15) is 11.3 Å². The molecule has 9 heteroatoms.